The number of nitrogens with zero attached hydrogens (tertiary/aromatic N) is 2. The van der Waals surface area contributed by atoms with Gasteiger partial charge in [0.25, 0.3) is 0 Å². The molecule has 0 saturated heterocycles. The summed E-state index contributed by atoms with van der Waals surface area (Å²) >= 11 is 3.42. The third-order valence-electron chi connectivity index (χ3n) is 2.42. The minimum absolute atomic E-state index is 0.396. The summed E-state index contributed by atoms with van der Waals surface area (Å²) in [4.78, 5) is 0. The highest BCUT2D eigenvalue weighted by molar-refractivity contribution is 9.10. The van der Waals surface area contributed by atoms with Gasteiger partial charge in [0.05, 0.1) is 0 Å². The van der Waals surface area contributed by atoms with E-state index >= 15 is 0 Å². The Kier molecular flexibility index (Phi) is 2.33. The zero-order valence-electron chi connectivity index (χ0n) is 8.72. The quantitative estimate of drug-likeness (QED) is 0.747. The van der Waals surface area contributed by atoms with Crippen LogP contribution in [0.25, 0.3) is 22.4 Å². The fourth-order valence-corrected chi connectivity index (χ4v) is 1.99. The van der Waals surface area contributed by atoms with E-state index in [1.54, 1.807) is 12.1 Å². The molecule has 0 saturated carbocycles. The van der Waals surface area contributed by atoms with Crippen molar-refractivity contribution in [3.05, 3.63) is 40.9 Å². The van der Waals surface area contributed by atoms with Gasteiger partial charge in [-0.1, -0.05) is 15.9 Å². The van der Waals surface area contributed by atoms with E-state index in [1.165, 1.54) is 0 Å². The largest absolute Gasteiger partial charge is 0.454 e. The van der Waals surface area contributed by atoms with Crippen molar-refractivity contribution < 1.29 is 4.42 Å². The minimum atomic E-state index is 0.396. The molecule has 0 spiro atoms. The molecule has 1 aromatic carbocycles. The number of halogens is 1. The second-order valence-electron chi connectivity index (χ2n) is 3.64. The molecule has 84 valence electrons. The summed E-state index contributed by atoms with van der Waals surface area (Å²) in [5.74, 6) is 1.08. The number of benzene rings is 1. The highest BCUT2D eigenvalue weighted by atomic mass is 79.9. The summed E-state index contributed by atoms with van der Waals surface area (Å²) in [6.45, 7) is 0. The fourth-order valence-electron chi connectivity index (χ4n) is 1.61. The van der Waals surface area contributed by atoms with E-state index in [-0.39, 0.29) is 0 Å². The molecule has 0 unspecified atom stereocenters. The third kappa shape index (κ3) is 1.89. The van der Waals surface area contributed by atoms with Gasteiger partial charge in [-0.25, -0.2) is 0 Å². The molecule has 4 nitrogen and oxygen atoms in total. The van der Waals surface area contributed by atoms with Crippen LogP contribution in [0.3, 0.4) is 0 Å². The number of aromatic nitrogens is 2. The number of hydrogen-bond donors (Lipinski definition) is 1. The Bertz CT molecular complexity index is 676. The maximum Gasteiger partial charge on any atom is 0.155 e. The first kappa shape index (κ1) is 10.3. The van der Waals surface area contributed by atoms with Gasteiger partial charge in [0.15, 0.2) is 5.76 Å². The first-order chi connectivity index (χ1) is 8.22. The topological polar surface area (TPSA) is 64.9 Å². The average Bonchev–Trinajstić information content (AvgIpc) is 2.72. The molecule has 2 N–H and O–H groups in total. The monoisotopic (exact) mass is 289 g/mol. The maximum atomic E-state index is 5.68. The number of nitrogen functional groups attached to an aromatic ring is 1. The molecule has 0 atom stereocenters. The first-order valence-corrected chi connectivity index (χ1v) is 5.80. The molecule has 0 bridgehead atoms. The zero-order chi connectivity index (χ0) is 11.8. The first-order valence-electron chi connectivity index (χ1n) is 5.01. The smallest absolute Gasteiger partial charge is 0.155 e. The molecule has 2 heterocycles. The van der Waals surface area contributed by atoms with Crippen molar-refractivity contribution in [2.45, 2.75) is 0 Å². The van der Waals surface area contributed by atoms with Crippen LogP contribution in [0.2, 0.25) is 0 Å². The minimum Gasteiger partial charge on any atom is -0.454 e. The lowest BCUT2D eigenvalue weighted by molar-refractivity contribution is 0.627. The number of nitrogens with two attached hydrogens (primary N) is 1. The number of furan rings is 1. The molecular weight excluding hydrogens is 282 g/mol. The summed E-state index contributed by atoms with van der Waals surface area (Å²) in [6.07, 6.45) is 0. The molecule has 5 heteroatoms. The Labute approximate surface area is 106 Å². The van der Waals surface area contributed by atoms with Gasteiger partial charge in [-0.15, -0.1) is 10.2 Å². The predicted octanol–water partition coefficient (Wildman–Crippen LogP) is 3.23. The number of rotatable bonds is 1. The predicted molar refractivity (Wildman–Crippen MR) is 69.4 cm³/mol. The molecule has 17 heavy (non-hydrogen) atoms. The molecule has 0 aliphatic carbocycles. The SMILES string of the molecule is Nc1ccc(-c2cc3cc(Br)ccc3o2)nn1. The van der Waals surface area contributed by atoms with Crippen molar-refractivity contribution in [2.75, 3.05) is 5.73 Å². The van der Waals surface area contributed by atoms with Crippen molar-refractivity contribution in [1.82, 2.24) is 10.2 Å². The Morgan fingerprint density at radius 2 is 1.94 bits per heavy atom. The van der Waals surface area contributed by atoms with Crippen LogP contribution in [0, 0.1) is 0 Å². The van der Waals surface area contributed by atoms with Crippen LogP contribution in [0.15, 0.2) is 45.3 Å². The summed E-state index contributed by atoms with van der Waals surface area (Å²) in [7, 11) is 0. The van der Waals surface area contributed by atoms with Gasteiger partial charge in [0.1, 0.15) is 17.1 Å². The van der Waals surface area contributed by atoms with Crippen molar-refractivity contribution in [2.24, 2.45) is 0 Å². The van der Waals surface area contributed by atoms with E-state index in [9.17, 15) is 0 Å². The molecule has 0 aliphatic heterocycles. The van der Waals surface area contributed by atoms with Gasteiger partial charge >= 0.3 is 0 Å². The summed E-state index contributed by atoms with van der Waals surface area (Å²) in [5, 5.41) is 8.81. The standard InChI is InChI=1S/C12H8BrN3O/c13-8-1-3-10-7(5-8)6-11(17-10)9-2-4-12(14)16-15-9/h1-6H,(H2,14,16). The lowest BCUT2D eigenvalue weighted by Crippen LogP contribution is -1.92. The van der Waals surface area contributed by atoms with Crippen LogP contribution in [0.5, 0.6) is 0 Å². The van der Waals surface area contributed by atoms with E-state index in [2.05, 4.69) is 26.1 Å². The second-order valence-corrected chi connectivity index (χ2v) is 4.55. The van der Waals surface area contributed by atoms with Crippen LogP contribution in [0.1, 0.15) is 0 Å². The van der Waals surface area contributed by atoms with Gasteiger partial charge in [0.2, 0.25) is 0 Å². The molecule has 2 aromatic heterocycles. The lowest BCUT2D eigenvalue weighted by Gasteiger charge is -1.94. The molecule has 0 amide bonds. The van der Waals surface area contributed by atoms with Gasteiger partial charge < -0.3 is 10.2 Å². The van der Waals surface area contributed by atoms with Crippen molar-refractivity contribution in [3.63, 3.8) is 0 Å². The Morgan fingerprint density at radius 1 is 1.06 bits per heavy atom. The zero-order valence-corrected chi connectivity index (χ0v) is 10.3. The van der Waals surface area contributed by atoms with E-state index in [0.717, 1.165) is 15.4 Å². The Balaban J connectivity index is 2.14. The fraction of sp³-hybridized carbons (Fsp3) is 0. The van der Waals surface area contributed by atoms with Gasteiger partial charge in [0, 0.05) is 9.86 Å². The third-order valence-corrected chi connectivity index (χ3v) is 2.91. The number of fused-ring (bicyclic) bond motifs is 1. The molecule has 3 rings (SSSR count). The van der Waals surface area contributed by atoms with Crippen LogP contribution < -0.4 is 5.73 Å². The van der Waals surface area contributed by atoms with Crippen molar-refractivity contribution in [1.29, 1.82) is 0 Å². The number of anilines is 1. The molecule has 0 radical (unpaired) electrons. The molecule has 0 fully saturated rings. The van der Waals surface area contributed by atoms with Crippen LogP contribution in [-0.2, 0) is 0 Å². The van der Waals surface area contributed by atoms with Gasteiger partial charge in [-0.3, -0.25) is 0 Å². The average molecular weight is 290 g/mol. The summed E-state index contributed by atoms with van der Waals surface area (Å²) in [6, 6.07) is 11.3. The van der Waals surface area contributed by atoms with Crippen LogP contribution >= 0.6 is 15.9 Å². The Hall–Kier alpha value is -1.88. The summed E-state index contributed by atoms with van der Waals surface area (Å²) in [5.41, 5.74) is 6.98. The second kappa shape index (κ2) is 3.85. The highest BCUT2D eigenvalue weighted by Gasteiger charge is 2.07. The molecule has 0 aliphatic rings. The summed E-state index contributed by atoms with van der Waals surface area (Å²) < 4.78 is 6.70. The lowest BCUT2D eigenvalue weighted by atomic mass is 10.2. The van der Waals surface area contributed by atoms with Crippen molar-refractivity contribution in [3.8, 4) is 11.5 Å². The highest BCUT2D eigenvalue weighted by Crippen LogP contribution is 2.28. The van der Waals surface area contributed by atoms with E-state index in [4.69, 9.17) is 10.2 Å². The van der Waals surface area contributed by atoms with Crippen LogP contribution in [-0.4, -0.2) is 10.2 Å². The van der Waals surface area contributed by atoms with Crippen LogP contribution in [0.4, 0.5) is 5.82 Å². The van der Waals surface area contributed by atoms with E-state index < -0.39 is 0 Å². The molecule has 3 aromatic rings. The van der Waals surface area contributed by atoms with Crippen molar-refractivity contribution >= 4 is 32.7 Å². The van der Waals surface area contributed by atoms with Gasteiger partial charge in [-0.2, -0.15) is 0 Å². The Morgan fingerprint density at radius 3 is 2.71 bits per heavy atom. The van der Waals surface area contributed by atoms with E-state index in [0.29, 0.717) is 17.3 Å². The normalized spacial score (nSPS) is 10.9. The number of hydrogen-bond acceptors (Lipinski definition) is 4. The molecular formula is C12H8BrN3O. The maximum absolute atomic E-state index is 5.68. The van der Waals surface area contributed by atoms with Gasteiger partial charge in [-0.05, 0) is 36.4 Å². The van der Waals surface area contributed by atoms with E-state index in [1.807, 2.05) is 24.3 Å².